The molecule has 0 fully saturated rings. The quantitative estimate of drug-likeness (QED) is 0.187. The maximum atomic E-state index is 6.36. The van der Waals surface area contributed by atoms with Crippen LogP contribution in [0.1, 0.15) is 0 Å². The molecule has 0 atom stereocenters. The van der Waals surface area contributed by atoms with Crippen LogP contribution in [0.5, 0.6) is 0 Å². The average Bonchev–Trinajstić information content (AvgIpc) is 3.89. The van der Waals surface area contributed by atoms with Crippen LogP contribution >= 0.6 is 11.3 Å². The van der Waals surface area contributed by atoms with Gasteiger partial charge in [-0.25, -0.2) is 9.97 Å². The van der Waals surface area contributed by atoms with Crippen LogP contribution in [0.15, 0.2) is 167 Å². The summed E-state index contributed by atoms with van der Waals surface area (Å²) < 4.78 is 15.0. The SMILES string of the molecule is c1ccc2c(c1)oc1c(-c3ccc(-c4nc(-c5ccc(-c6cccc7c6oc6ccccc67)cc5)c5sc6ccccc6c5n4)cc3)cccc12. The van der Waals surface area contributed by atoms with Crippen LogP contribution in [0, 0.1) is 0 Å². The number of aromatic nitrogens is 2. The first kappa shape index (κ1) is 28.3. The van der Waals surface area contributed by atoms with E-state index in [2.05, 4.69) is 133 Å². The van der Waals surface area contributed by atoms with E-state index in [-0.39, 0.29) is 0 Å². The zero-order valence-electron chi connectivity index (χ0n) is 27.1. The molecule has 11 rings (SSSR count). The van der Waals surface area contributed by atoms with E-state index in [1.54, 1.807) is 11.3 Å². The van der Waals surface area contributed by atoms with Gasteiger partial charge in [0.25, 0.3) is 0 Å². The van der Waals surface area contributed by atoms with Crippen molar-refractivity contribution < 1.29 is 8.83 Å². The fraction of sp³-hybridized carbons (Fsp3) is 0. The molecule has 0 saturated heterocycles. The van der Waals surface area contributed by atoms with E-state index in [1.807, 2.05) is 24.3 Å². The third-order valence-electron chi connectivity index (χ3n) is 9.95. The summed E-state index contributed by atoms with van der Waals surface area (Å²) in [5.41, 5.74) is 11.8. The van der Waals surface area contributed by atoms with Crippen molar-refractivity contribution in [2.75, 3.05) is 0 Å². The molecule has 4 heterocycles. The van der Waals surface area contributed by atoms with E-state index < -0.39 is 0 Å². The molecule has 0 saturated carbocycles. The molecule has 0 radical (unpaired) electrons. The standard InChI is InChI=1S/C46H26N2O2S/c1-4-16-38-33(9-1)35-14-7-12-31(43(35)49-38)27-19-23-29(24-20-27)41-45-42(37-11-3-6-18-40(37)51-45)48-46(47-41)30-25-21-28(22-26-30)32-13-8-15-36-34-10-2-5-17-39(34)50-44(32)36/h1-26H. The normalized spacial score (nSPS) is 11.9. The summed E-state index contributed by atoms with van der Waals surface area (Å²) in [6.07, 6.45) is 0. The molecule has 11 aromatic rings. The molecular formula is C46H26N2O2S. The van der Waals surface area contributed by atoms with Crippen LogP contribution in [0.3, 0.4) is 0 Å². The van der Waals surface area contributed by atoms with Gasteiger partial charge < -0.3 is 8.83 Å². The summed E-state index contributed by atoms with van der Waals surface area (Å²) in [6, 6.07) is 54.8. The number of nitrogens with zero attached hydrogens (tertiary/aromatic N) is 2. The lowest BCUT2D eigenvalue weighted by molar-refractivity contribution is 0.669. The van der Waals surface area contributed by atoms with Gasteiger partial charge in [-0.1, -0.05) is 140 Å². The Labute approximate surface area is 295 Å². The highest BCUT2D eigenvalue weighted by molar-refractivity contribution is 7.26. The topological polar surface area (TPSA) is 52.1 Å². The average molecular weight is 671 g/mol. The second-order valence-corrected chi connectivity index (χ2v) is 13.9. The second-order valence-electron chi connectivity index (χ2n) is 12.9. The highest BCUT2D eigenvalue weighted by Crippen LogP contribution is 2.42. The van der Waals surface area contributed by atoms with E-state index in [4.69, 9.17) is 18.8 Å². The second kappa shape index (κ2) is 11.0. The van der Waals surface area contributed by atoms with Crippen LogP contribution in [-0.4, -0.2) is 9.97 Å². The van der Waals surface area contributed by atoms with Gasteiger partial charge in [-0.05, 0) is 29.3 Å². The summed E-state index contributed by atoms with van der Waals surface area (Å²) >= 11 is 1.74. The molecule has 0 aliphatic carbocycles. The van der Waals surface area contributed by atoms with Crippen LogP contribution in [0.25, 0.3) is 109 Å². The Bertz CT molecular complexity index is 3130. The summed E-state index contributed by atoms with van der Waals surface area (Å²) in [5.74, 6) is 0.700. The maximum Gasteiger partial charge on any atom is 0.160 e. The van der Waals surface area contributed by atoms with Crippen LogP contribution in [0.4, 0.5) is 0 Å². The molecule has 0 N–H and O–H groups in total. The minimum absolute atomic E-state index is 0.700. The Morgan fingerprint density at radius 1 is 0.392 bits per heavy atom. The number of benzene rings is 7. The molecule has 5 heteroatoms. The largest absolute Gasteiger partial charge is 0.455 e. The molecule has 0 amide bonds. The molecule has 0 bridgehead atoms. The first-order valence-corrected chi connectivity index (χ1v) is 17.8. The Morgan fingerprint density at radius 2 is 0.882 bits per heavy atom. The number of thiophene rings is 1. The fourth-order valence-corrected chi connectivity index (χ4v) is 8.62. The van der Waals surface area contributed by atoms with Crippen molar-refractivity contribution in [3.8, 4) is 44.9 Å². The van der Waals surface area contributed by atoms with Gasteiger partial charge in [0.15, 0.2) is 5.82 Å². The Hall–Kier alpha value is -6.56. The van der Waals surface area contributed by atoms with Crippen molar-refractivity contribution in [1.29, 1.82) is 0 Å². The third kappa shape index (κ3) is 4.38. The zero-order chi connectivity index (χ0) is 33.5. The minimum Gasteiger partial charge on any atom is -0.455 e. The summed E-state index contributed by atoms with van der Waals surface area (Å²) in [5, 5.41) is 5.65. The van der Waals surface area contributed by atoms with Crippen molar-refractivity contribution in [3.05, 3.63) is 158 Å². The Kier molecular flexibility index (Phi) is 6.09. The number of hydrogen-bond donors (Lipinski definition) is 0. The molecule has 0 spiro atoms. The number of fused-ring (bicyclic) bond motifs is 9. The lowest BCUT2D eigenvalue weighted by Gasteiger charge is -2.09. The van der Waals surface area contributed by atoms with Gasteiger partial charge in [-0.15, -0.1) is 11.3 Å². The van der Waals surface area contributed by atoms with Gasteiger partial charge in [-0.2, -0.15) is 0 Å². The van der Waals surface area contributed by atoms with Gasteiger partial charge in [0.2, 0.25) is 0 Å². The van der Waals surface area contributed by atoms with Crippen molar-refractivity contribution in [2.24, 2.45) is 0 Å². The van der Waals surface area contributed by atoms with Crippen molar-refractivity contribution in [2.45, 2.75) is 0 Å². The van der Waals surface area contributed by atoms with Crippen LogP contribution < -0.4 is 0 Å². The summed E-state index contributed by atoms with van der Waals surface area (Å²) in [7, 11) is 0. The molecule has 51 heavy (non-hydrogen) atoms. The Balaban J connectivity index is 1.03. The lowest BCUT2D eigenvalue weighted by Crippen LogP contribution is -1.94. The molecule has 7 aromatic carbocycles. The molecule has 238 valence electrons. The monoisotopic (exact) mass is 670 g/mol. The predicted octanol–water partition coefficient (Wildman–Crippen LogP) is 13.3. The van der Waals surface area contributed by atoms with Crippen molar-refractivity contribution in [3.63, 3.8) is 0 Å². The number of hydrogen-bond acceptors (Lipinski definition) is 5. The minimum atomic E-state index is 0.700. The van der Waals surface area contributed by atoms with E-state index in [0.717, 1.165) is 98.6 Å². The first-order valence-electron chi connectivity index (χ1n) is 17.0. The van der Waals surface area contributed by atoms with Gasteiger partial charge in [0.1, 0.15) is 22.3 Å². The highest BCUT2D eigenvalue weighted by Gasteiger charge is 2.18. The smallest absolute Gasteiger partial charge is 0.160 e. The molecule has 4 aromatic heterocycles. The first-order chi connectivity index (χ1) is 25.3. The maximum absolute atomic E-state index is 6.36. The summed E-state index contributed by atoms with van der Waals surface area (Å²) in [4.78, 5) is 10.5. The van der Waals surface area contributed by atoms with Crippen molar-refractivity contribution in [1.82, 2.24) is 9.97 Å². The van der Waals surface area contributed by atoms with E-state index in [0.29, 0.717) is 5.82 Å². The van der Waals surface area contributed by atoms with Crippen molar-refractivity contribution >= 4 is 75.5 Å². The highest BCUT2D eigenvalue weighted by atomic mass is 32.1. The molecular weight excluding hydrogens is 645 g/mol. The van der Waals surface area contributed by atoms with E-state index >= 15 is 0 Å². The number of rotatable bonds is 4. The fourth-order valence-electron chi connectivity index (χ4n) is 7.47. The van der Waals surface area contributed by atoms with E-state index in [9.17, 15) is 0 Å². The van der Waals surface area contributed by atoms with Crippen LogP contribution in [-0.2, 0) is 0 Å². The van der Waals surface area contributed by atoms with E-state index in [1.165, 1.54) is 4.70 Å². The Morgan fingerprint density at radius 3 is 1.49 bits per heavy atom. The van der Waals surface area contributed by atoms with Gasteiger partial charge in [0.05, 0.1) is 15.9 Å². The molecule has 0 unspecified atom stereocenters. The molecule has 4 nitrogen and oxygen atoms in total. The van der Waals surface area contributed by atoms with Gasteiger partial charge >= 0.3 is 0 Å². The zero-order valence-corrected chi connectivity index (χ0v) is 27.9. The molecule has 0 aliphatic rings. The van der Waals surface area contributed by atoms with Crippen LogP contribution in [0.2, 0.25) is 0 Å². The van der Waals surface area contributed by atoms with Gasteiger partial charge in [-0.3, -0.25) is 0 Å². The summed E-state index contributed by atoms with van der Waals surface area (Å²) in [6.45, 7) is 0. The lowest BCUT2D eigenvalue weighted by atomic mass is 10.00. The van der Waals surface area contributed by atoms with Gasteiger partial charge in [0, 0.05) is 53.9 Å². The molecule has 0 aliphatic heterocycles. The number of para-hydroxylation sites is 4. The third-order valence-corrected chi connectivity index (χ3v) is 11.1. The predicted molar refractivity (Wildman–Crippen MR) is 211 cm³/mol. The number of furan rings is 2.